The minimum atomic E-state index is -4.33. The monoisotopic (exact) mass is 359 g/mol. The Labute approximate surface area is 143 Å². The summed E-state index contributed by atoms with van der Waals surface area (Å²) < 4.78 is 25.7. The predicted octanol–water partition coefficient (Wildman–Crippen LogP) is -0.453. The lowest BCUT2D eigenvalue weighted by molar-refractivity contribution is 0.0957. The Morgan fingerprint density at radius 3 is 2.56 bits per heavy atom. The number of primary amides is 1. The van der Waals surface area contributed by atoms with Gasteiger partial charge in [0, 0.05) is 17.8 Å². The molecule has 128 valence electrons. The van der Waals surface area contributed by atoms with Crippen molar-refractivity contribution in [1.82, 2.24) is 9.29 Å². The van der Waals surface area contributed by atoms with Crippen molar-refractivity contribution >= 4 is 21.8 Å². The first-order valence-corrected chi connectivity index (χ1v) is 8.31. The van der Waals surface area contributed by atoms with Gasteiger partial charge in [0.25, 0.3) is 21.5 Å². The van der Waals surface area contributed by atoms with Crippen LogP contribution in [0.1, 0.15) is 20.7 Å². The first kappa shape index (κ1) is 18.0. The zero-order valence-corrected chi connectivity index (χ0v) is 13.6. The molecule has 0 aliphatic heterocycles. The highest BCUT2D eigenvalue weighted by Crippen LogP contribution is 2.14. The highest BCUT2D eigenvalue weighted by Gasteiger charge is 2.21. The Morgan fingerprint density at radius 2 is 1.92 bits per heavy atom. The van der Waals surface area contributed by atoms with Gasteiger partial charge >= 0.3 is 0 Å². The molecule has 2 rings (SSSR count). The number of pyridine rings is 1. The highest BCUT2D eigenvalue weighted by atomic mass is 32.2. The van der Waals surface area contributed by atoms with E-state index in [2.05, 4.69) is 11.2 Å². The molecule has 0 spiro atoms. The van der Waals surface area contributed by atoms with Gasteiger partial charge in [0.05, 0.1) is 17.0 Å². The molecular weight excluding hydrogens is 346 g/mol. The van der Waals surface area contributed by atoms with Crippen molar-refractivity contribution in [2.75, 3.05) is 6.54 Å². The molecule has 1 heterocycles. The van der Waals surface area contributed by atoms with Gasteiger partial charge in [0.15, 0.2) is 0 Å². The van der Waals surface area contributed by atoms with Crippen molar-refractivity contribution in [3.8, 4) is 12.3 Å². The molecule has 0 bridgehead atoms. The number of carbonyl (C=O) groups excluding carboxylic acids is 2. The topological polar surface area (TPSA) is 128 Å². The zero-order chi connectivity index (χ0) is 18.6. The molecule has 1 aromatic carbocycles. The minimum absolute atomic E-state index is 0.0179. The van der Waals surface area contributed by atoms with E-state index < -0.39 is 27.4 Å². The van der Waals surface area contributed by atoms with E-state index in [1.54, 1.807) is 0 Å². The number of terminal acetylenes is 1. The van der Waals surface area contributed by atoms with Gasteiger partial charge in [-0.3, -0.25) is 14.4 Å². The number of hydrogen-bond donors (Lipinski definition) is 2. The molecule has 0 unspecified atom stereocenters. The lowest BCUT2D eigenvalue weighted by Crippen LogP contribution is -2.29. The molecule has 0 atom stereocenters. The largest absolute Gasteiger partial charge is 0.366 e. The standard InChI is InChI=1S/C16H13N3O5S/c1-2-8-18-16(22)11-4-3-5-13(9-11)25(23,24)19-10-12(15(17)21)6-7-14(19)20/h1,3-7,9-10H,8H2,(H2,17,21)(H,18,22). The van der Waals surface area contributed by atoms with E-state index in [1.807, 2.05) is 0 Å². The maximum atomic E-state index is 12.7. The van der Waals surface area contributed by atoms with Gasteiger partial charge < -0.3 is 11.1 Å². The number of rotatable bonds is 5. The van der Waals surface area contributed by atoms with Crippen LogP contribution in [0.15, 0.2) is 52.3 Å². The molecule has 0 saturated heterocycles. The summed E-state index contributed by atoms with van der Waals surface area (Å²) in [5, 5.41) is 2.40. The average Bonchev–Trinajstić information content (AvgIpc) is 2.59. The number of aromatic nitrogens is 1. The fraction of sp³-hybridized carbons (Fsp3) is 0.0625. The lowest BCUT2D eigenvalue weighted by Gasteiger charge is -2.10. The number of nitrogens with two attached hydrogens (primary N) is 1. The van der Waals surface area contributed by atoms with Crippen LogP contribution in [0, 0.1) is 12.3 Å². The second-order valence-corrected chi connectivity index (χ2v) is 6.65. The van der Waals surface area contributed by atoms with E-state index in [-0.39, 0.29) is 22.6 Å². The molecule has 0 aliphatic carbocycles. The second kappa shape index (κ2) is 7.02. The first-order chi connectivity index (χ1) is 11.8. The van der Waals surface area contributed by atoms with Gasteiger partial charge in [-0.2, -0.15) is 0 Å². The number of carbonyl (C=O) groups is 2. The third-order valence-electron chi connectivity index (χ3n) is 3.17. The van der Waals surface area contributed by atoms with E-state index in [4.69, 9.17) is 12.2 Å². The summed E-state index contributed by atoms with van der Waals surface area (Å²) in [6, 6.07) is 7.11. The van der Waals surface area contributed by atoms with E-state index in [1.165, 1.54) is 18.2 Å². The summed E-state index contributed by atoms with van der Waals surface area (Å²) in [5.41, 5.74) is 4.14. The van der Waals surface area contributed by atoms with E-state index in [0.717, 1.165) is 24.4 Å². The lowest BCUT2D eigenvalue weighted by atomic mass is 10.2. The molecule has 0 aliphatic rings. The quantitative estimate of drug-likeness (QED) is 0.699. The van der Waals surface area contributed by atoms with E-state index in [0.29, 0.717) is 3.97 Å². The van der Waals surface area contributed by atoms with Crippen molar-refractivity contribution in [2.24, 2.45) is 5.73 Å². The summed E-state index contributed by atoms with van der Waals surface area (Å²) in [5.74, 6) is 0.779. The minimum Gasteiger partial charge on any atom is -0.366 e. The van der Waals surface area contributed by atoms with Crippen LogP contribution >= 0.6 is 0 Å². The Kier molecular flexibility index (Phi) is 5.05. The SMILES string of the molecule is C#CCNC(=O)c1cccc(S(=O)(=O)n2cc(C(N)=O)ccc2=O)c1. The van der Waals surface area contributed by atoms with Crippen LogP contribution in [0.3, 0.4) is 0 Å². The molecule has 0 saturated carbocycles. The van der Waals surface area contributed by atoms with Gasteiger partial charge in [0.1, 0.15) is 0 Å². The molecule has 0 fully saturated rings. The molecule has 2 aromatic rings. The fourth-order valence-electron chi connectivity index (χ4n) is 1.95. The number of hydrogen-bond acceptors (Lipinski definition) is 5. The highest BCUT2D eigenvalue weighted by molar-refractivity contribution is 7.90. The normalized spacial score (nSPS) is 10.7. The zero-order valence-electron chi connectivity index (χ0n) is 12.8. The molecule has 1 aromatic heterocycles. The van der Waals surface area contributed by atoms with Crippen LogP contribution < -0.4 is 16.6 Å². The Morgan fingerprint density at radius 1 is 1.20 bits per heavy atom. The van der Waals surface area contributed by atoms with Gasteiger partial charge in [-0.15, -0.1) is 6.42 Å². The van der Waals surface area contributed by atoms with Crippen LogP contribution in [0.5, 0.6) is 0 Å². The van der Waals surface area contributed by atoms with Crippen molar-refractivity contribution in [2.45, 2.75) is 4.90 Å². The van der Waals surface area contributed by atoms with Gasteiger partial charge in [-0.05, 0) is 24.3 Å². The first-order valence-electron chi connectivity index (χ1n) is 6.87. The Balaban J connectivity index is 2.53. The molecule has 2 amide bonds. The molecular formula is C16H13N3O5S. The second-order valence-electron chi connectivity index (χ2n) is 4.84. The molecule has 8 nitrogen and oxygen atoms in total. The van der Waals surface area contributed by atoms with Crippen molar-refractivity contribution in [1.29, 1.82) is 0 Å². The smallest absolute Gasteiger partial charge is 0.270 e. The van der Waals surface area contributed by atoms with Crippen LogP contribution in [0.4, 0.5) is 0 Å². The molecule has 9 heteroatoms. The molecule has 0 radical (unpaired) electrons. The summed E-state index contributed by atoms with van der Waals surface area (Å²) in [6.45, 7) is -0.0179. The van der Waals surface area contributed by atoms with E-state index >= 15 is 0 Å². The van der Waals surface area contributed by atoms with Crippen LogP contribution in [0.25, 0.3) is 0 Å². The van der Waals surface area contributed by atoms with Crippen LogP contribution in [-0.2, 0) is 10.0 Å². The van der Waals surface area contributed by atoms with Crippen LogP contribution in [-0.4, -0.2) is 30.7 Å². The van der Waals surface area contributed by atoms with Gasteiger partial charge in [-0.25, -0.2) is 12.4 Å². The Bertz CT molecular complexity index is 1050. The summed E-state index contributed by atoms with van der Waals surface area (Å²) in [7, 11) is -4.33. The summed E-state index contributed by atoms with van der Waals surface area (Å²) >= 11 is 0. The maximum absolute atomic E-state index is 12.7. The molecule has 25 heavy (non-hydrogen) atoms. The van der Waals surface area contributed by atoms with E-state index in [9.17, 15) is 22.8 Å². The maximum Gasteiger partial charge on any atom is 0.270 e. The number of nitrogens with zero attached hydrogens (tertiary/aromatic N) is 1. The Hall–Kier alpha value is -3.38. The molecule has 3 N–H and O–H groups in total. The summed E-state index contributed by atoms with van der Waals surface area (Å²) in [4.78, 5) is 34.7. The predicted molar refractivity (Wildman–Crippen MR) is 89.4 cm³/mol. The van der Waals surface area contributed by atoms with Gasteiger partial charge in [-0.1, -0.05) is 12.0 Å². The number of nitrogens with one attached hydrogen (secondary N) is 1. The number of amides is 2. The van der Waals surface area contributed by atoms with Crippen molar-refractivity contribution < 1.29 is 18.0 Å². The third kappa shape index (κ3) is 3.76. The fourth-order valence-corrected chi connectivity index (χ4v) is 3.25. The third-order valence-corrected chi connectivity index (χ3v) is 4.82. The van der Waals surface area contributed by atoms with Crippen molar-refractivity contribution in [3.63, 3.8) is 0 Å². The van der Waals surface area contributed by atoms with Crippen molar-refractivity contribution in [3.05, 3.63) is 64.1 Å². The number of benzene rings is 1. The van der Waals surface area contributed by atoms with Gasteiger partial charge in [0.2, 0.25) is 5.91 Å². The average molecular weight is 359 g/mol. The summed E-state index contributed by atoms with van der Waals surface area (Å²) in [6.07, 6.45) is 5.89. The van der Waals surface area contributed by atoms with Crippen LogP contribution in [0.2, 0.25) is 0 Å².